The van der Waals surface area contributed by atoms with Crippen molar-refractivity contribution in [3.05, 3.63) is 18.6 Å². The van der Waals surface area contributed by atoms with E-state index in [1.165, 1.54) is 0 Å². The fourth-order valence-corrected chi connectivity index (χ4v) is 3.94. The van der Waals surface area contributed by atoms with Crippen LogP contribution in [0.2, 0.25) is 0 Å². The molecule has 0 spiro atoms. The van der Waals surface area contributed by atoms with Crippen LogP contribution in [0.4, 0.5) is 5.95 Å². The number of aromatic amines is 1. The summed E-state index contributed by atoms with van der Waals surface area (Å²) < 4.78 is 29.5. The molecule has 4 rings (SSSR count). The largest absolute Gasteiger partial charge is 0.771 e. The Morgan fingerprint density at radius 3 is 2.83 bits per heavy atom. The number of likely N-dealkylation sites (tertiary alicyclic amines) is 1. The summed E-state index contributed by atoms with van der Waals surface area (Å²) in [6, 6.07) is 0.181. The zero-order valence-corrected chi connectivity index (χ0v) is 17.8. The highest BCUT2D eigenvalue weighted by Crippen LogP contribution is 2.28. The monoisotopic (exact) mass is 433 g/mol. The Morgan fingerprint density at radius 2 is 2.17 bits per heavy atom. The number of hydrogen-bond acceptors (Lipinski definition) is 9. The van der Waals surface area contributed by atoms with E-state index in [2.05, 4.69) is 44.4 Å². The molecular formula is C18H25N8O3S-. The molecule has 0 aromatic carbocycles. The Labute approximate surface area is 176 Å². The van der Waals surface area contributed by atoms with Crippen LogP contribution in [0.1, 0.15) is 26.7 Å². The van der Waals surface area contributed by atoms with Gasteiger partial charge in [0.2, 0.25) is 11.8 Å². The van der Waals surface area contributed by atoms with Crippen LogP contribution < -0.4 is 10.1 Å². The van der Waals surface area contributed by atoms with Gasteiger partial charge in [0, 0.05) is 30.9 Å². The number of ether oxygens (including phenoxy) is 1. The summed E-state index contributed by atoms with van der Waals surface area (Å²) in [6.45, 7) is 6.11. The van der Waals surface area contributed by atoms with Gasteiger partial charge in [-0.05, 0) is 29.8 Å². The van der Waals surface area contributed by atoms with Crippen LogP contribution in [0.3, 0.4) is 0 Å². The molecule has 0 amide bonds. The lowest BCUT2D eigenvalue weighted by Crippen LogP contribution is -2.40. The molecule has 3 aromatic rings. The average molecular weight is 434 g/mol. The molecule has 1 aliphatic rings. The van der Waals surface area contributed by atoms with Crippen molar-refractivity contribution in [2.75, 3.05) is 30.9 Å². The first kappa shape index (κ1) is 20.7. The third-order valence-corrected chi connectivity index (χ3v) is 5.45. The second-order valence-electron chi connectivity index (χ2n) is 7.78. The second kappa shape index (κ2) is 9.06. The van der Waals surface area contributed by atoms with Crippen molar-refractivity contribution in [3.8, 4) is 17.1 Å². The molecule has 11 nitrogen and oxygen atoms in total. The van der Waals surface area contributed by atoms with Gasteiger partial charge in [-0.1, -0.05) is 13.8 Å². The van der Waals surface area contributed by atoms with Crippen molar-refractivity contribution in [2.45, 2.75) is 32.7 Å². The standard InChI is InChI=1S/C18H26N8O3S/c1-12(2)10-29-17-16(13-7-20-21-8-13)19-9-15-23-18(24-26(15)17)22-14-3-5-25(6-4-14)11-30(27)28/h7-9,12,14H,3-6,10-11H2,1-2H3,(H,20,21)(H,22,24)(H,27,28)/p-1. The number of aromatic nitrogens is 6. The summed E-state index contributed by atoms with van der Waals surface area (Å²) in [7, 11) is 0. The summed E-state index contributed by atoms with van der Waals surface area (Å²) in [4.78, 5) is 11.0. The molecule has 1 atom stereocenters. The van der Waals surface area contributed by atoms with Crippen LogP contribution in [-0.4, -0.2) is 75.1 Å². The highest BCUT2D eigenvalue weighted by Gasteiger charge is 2.22. The molecule has 1 fully saturated rings. The molecule has 2 N–H and O–H groups in total. The van der Waals surface area contributed by atoms with Gasteiger partial charge in [-0.25, -0.2) is 4.98 Å². The van der Waals surface area contributed by atoms with Crippen LogP contribution >= 0.6 is 0 Å². The van der Waals surface area contributed by atoms with Crippen molar-refractivity contribution < 1.29 is 13.5 Å². The number of piperidine rings is 1. The van der Waals surface area contributed by atoms with Gasteiger partial charge in [0.15, 0.2) is 5.65 Å². The molecule has 1 aliphatic heterocycles. The minimum atomic E-state index is -2.05. The number of anilines is 1. The van der Waals surface area contributed by atoms with Crippen LogP contribution in [0.5, 0.6) is 5.88 Å². The molecule has 0 aliphatic carbocycles. The number of nitrogens with one attached hydrogen (secondary N) is 2. The molecule has 4 heterocycles. The Bertz CT molecular complexity index is 998. The minimum absolute atomic E-state index is 0.0817. The number of fused-ring (bicyclic) bond motifs is 1. The maximum Gasteiger partial charge on any atom is 0.244 e. The Balaban J connectivity index is 1.55. The molecule has 0 saturated carbocycles. The minimum Gasteiger partial charge on any atom is -0.771 e. The maximum absolute atomic E-state index is 10.9. The van der Waals surface area contributed by atoms with E-state index < -0.39 is 11.1 Å². The van der Waals surface area contributed by atoms with Gasteiger partial charge < -0.3 is 14.6 Å². The smallest absolute Gasteiger partial charge is 0.244 e. The maximum atomic E-state index is 10.9. The first-order valence-corrected chi connectivity index (χ1v) is 11.2. The molecular weight excluding hydrogens is 408 g/mol. The van der Waals surface area contributed by atoms with E-state index in [1.54, 1.807) is 23.1 Å². The topological polar surface area (TPSA) is 136 Å². The normalized spacial score (nSPS) is 16.9. The summed E-state index contributed by atoms with van der Waals surface area (Å²) in [6.07, 6.45) is 6.75. The fourth-order valence-electron chi connectivity index (χ4n) is 3.39. The predicted molar refractivity (Wildman–Crippen MR) is 111 cm³/mol. The molecule has 1 saturated heterocycles. The van der Waals surface area contributed by atoms with Crippen LogP contribution in [-0.2, 0) is 11.1 Å². The van der Waals surface area contributed by atoms with Crippen LogP contribution in [0.25, 0.3) is 16.9 Å². The van der Waals surface area contributed by atoms with Gasteiger partial charge >= 0.3 is 0 Å². The molecule has 12 heteroatoms. The van der Waals surface area contributed by atoms with E-state index in [-0.39, 0.29) is 11.9 Å². The van der Waals surface area contributed by atoms with E-state index in [1.807, 2.05) is 4.90 Å². The first-order chi connectivity index (χ1) is 14.5. The zero-order chi connectivity index (χ0) is 21.1. The van der Waals surface area contributed by atoms with Gasteiger partial charge in [-0.15, -0.1) is 5.10 Å². The Morgan fingerprint density at radius 1 is 1.37 bits per heavy atom. The number of nitrogens with zero attached hydrogens (tertiary/aromatic N) is 6. The Hall–Kier alpha value is -2.57. The van der Waals surface area contributed by atoms with E-state index in [9.17, 15) is 8.76 Å². The SMILES string of the molecule is CC(C)COc1c(-c2cn[nH]c2)ncc2nc(NC3CCN(CS(=O)[O-])CC3)nn12. The second-order valence-corrected chi connectivity index (χ2v) is 8.64. The summed E-state index contributed by atoms with van der Waals surface area (Å²) in [5, 5.41) is 14.8. The quantitative estimate of drug-likeness (QED) is 0.503. The summed E-state index contributed by atoms with van der Waals surface area (Å²) >= 11 is -2.05. The van der Waals surface area contributed by atoms with Crippen molar-refractivity contribution in [2.24, 2.45) is 5.92 Å². The molecule has 0 radical (unpaired) electrons. The number of hydrogen-bond donors (Lipinski definition) is 2. The molecule has 162 valence electrons. The van der Waals surface area contributed by atoms with Gasteiger partial charge in [-0.3, -0.25) is 14.2 Å². The summed E-state index contributed by atoms with van der Waals surface area (Å²) in [5.41, 5.74) is 2.04. The van der Waals surface area contributed by atoms with Gasteiger partial charge in [0.25, 0.3) is 0 Å². The van der Waals surface area contributed by atoms with Crippen LogP contribution in [0, 0.1) is 5.92 Å². The fraction of sp³-hybridized carbons (Fsp3) is 0.556. The van der Waals surface area contributed by atoms with Crippen molar-refractivity contribution >= 4 is 22.7 Å². The zero-order valence-electron chi connectivity index (χ0n) is 16.9. The van der Waals surface area contributed by atoms with Gasteiger partial charge in [0.05, 0.1) is 24.9 Å². The first-order valence-electron chi connectivity index (χ1n) is 9.92. The molecule has 1 unspecified atom stereocenters. The van der Waals surface area contributed by atoms with E-state index in [0.29, 0.717) is 48.8 Å². The lowest BCUT2D eigenvalue weighted by atomic mass is 10.1. The van der Waals surface area contributed by atoms with E-state index in [0.717, 1.165) is 18.4 Å². The molecule has 3 aromatic heterocycles. The van der Waals surface area contributed by atoms with Crippen molar-refractivity contribution in [3.63, 3.8) is 0 Å². The lowest BCUT2D eigenvalue weighted by molar-refractivity contribution is 0.247. The number of H-pyrrole nitrogens is 1. The lowest BCUT2D eigenvalue weighted by Gasteiger charge is -2.32. The Kier molecular flexibility index (Phi) is 6.25. The highest BCUT2D eigenvalue weighted by atomic mass is 32.2. The third-order valence-electron chi connectivity index (χ3n) is 4.87. The van der Waals surface area contributed by atoms with Gasteiger partial charge in [0.1, 0.15) is 5.69 Å². The van der Waals surface area contributed by atoms with Crippen molar-refractivity contribution in [1.82, 2.24) is 34.7 Å². The molecule has 0 bridgehead atoms. The highest BCUT2D eigenvalue weighted by molar-refractivity contribution is 7.79. The average Bonchev–Trinajstić information content (AvgIpc) is 3.36. The summed E-state index contributed by atoms with van der Waals surface area (Å²) in [5.74, 6) is 1.45. The van der Waals surface area contributed by atoms with Crippen LogP contribution in [0.15, 0.2) is 18.6 Å². The number of rotatable bonds is 8. The predicted octanol–water partition coefficient (Wildman–Crippen LogP) is 1.26. The third kappa shape index (κ3) is 4.77. The van der Waals surface area contributed by atoms with Crippen molar-refractivity contribution in [1.29, 1.82) is 0 Å². The van der Waals surface area contributed by atoms with E-state index in [4.69, 9.17) is 4.74 Å². The van der Waals surface area contributed by atoms with E-state index >= 15 is 0 Å². The molecule has 30 heavy (non-hydrogen) atoms. The van der Waals surface area contributed by atoms with Gasteiger partial charge in [-0.2, -0.15) is 14.6 Å².